The van der Waals surface area contributed by atoms with E-state index in [0.29, 0.717) is 63.6 Å². The van der Waals surface area contributed by atoms with Crippen molar-refractivity contribution < 1.29 is 48.2 Å². The summed E-state index contributed by atoms with van der Waals surface area (Å²) < 4.78 is 36.8. The van der Waals surface area contributed by atoms with Crippen LogP contribution in [0, 0.1) is 30.1 Å². The maximum Gasteiger partial charge on any atom is 0.306 e. The molecule has 1 spiro atoms. The zero-order valence-corrected chi connectivity index (χ0v) is 35.6. The van der Waals surface area contributed by atoms with Gasteiger partial charge in [-0.05, 0) is 83.7 Å². The Morgan fingerprint density at radius 2 is 0.964 bits per heavy atom. The second-order valence-corrected chi connectivity index (χ2v) is 18.9. The molecular weight excluding hydrogens is 700 g/mol. The number of ether oxygens (including phenoxy) is 6. The number of aryl methyl sites for hydroxylation is 4. The molecule has 0 aromatic heterocycles. The lowest BCUT2D eigenvalue weighted by Gasteiger charge is -2.49. The maximum atomic E-state index is 12.9. The molecule has 2 atom stereocenters. The van der Waals surface area contributed by atoms with Crippen molar-refractivity contribution in [3.05, 3.63) is 57.6 Å². The van der Waals surface area contributed by atoms with Gasteiger partial charge in [0.25, 0.3) is 0 Å². The van der Waals surface area contributed by atoms with Crippen molar-refractivity contribution in [1.82, 2.24) is 0 Å². The van der Waals surface area contributed by atoms with Gasteiger partial charge >= 0.3 is 11.9 Å². The quantitative estimate of drug-likeness (QED) is 0.181. The molecule has 0 aliphatic carbocycles. The topological polar surface area (TPSA) is 130 Å². The fourth-order valence-corrected chi connectivity index (χ4v) is 7.10. The molecule has 4 rings (SSSR count). The van der Waals surface area contributed by atoms with Crippen molar-refractivity contribution in [3.8, 4) is 11.5 Å². The van der Waals surface area contributed by atoms with Crippen LogP contribution in [0.5, 0.6) is 11.5 Å². The minimum absolute atomic E-state index is 0.164. The van der Waals surface area contributed by atoms with Crippen molar-refractivity contribution in [2.24, 2.45) is 16.2 Å². The molecule has 2 saturated heterocycles. The first-order valence-electron chi connectivity index (χ1n) is 20.0. The van der Waals surface area contributed by atoms with Gasteiger partial charge in [-0.3, -0.25) is 9.59 Å². The smallest absolute Gasteiger partial charge is 0.306 e. The number of aromatic hydroxyl groups is 2. The third kappa shape index (κ3) is 11.0. The predicted octanol–water partition coefficient (Wildman–Crippen LogP) is 8.53. The highest BCUT2D eigenvalue weighted by molar-refractivity contribution is 5.70. The molecule has 2 N–H and O–H groups in total. The molecule has 10 heteroatoms. The standard InChI is InChI=1S/C45H68O10/c1-13-43(11,23-50-35(46)17-15-31-19-29(3)37(48)33(21-31)41(5,6)7)39-52-25-45(26-53-39)27-54-40(55-28-45)44(12,14-2)24-51-36(47)18-16-32-20-30(4)38(49)34(22-32)42(8,9)10/h19-22,39-40,48-49H,13-18,23-28H2,1-12H3. The number of benzene rings is 2. The number of phenolic OH excluding ortho intramolecular Hbond substituents is 2. The molecule has 2 aromatic carbocycles. The summed E-state index contributed by atoms with van der Waals surface area (Å²) in [5, 5.41) is 21.1. The normalized spacial score (nSPS) is 22.8. The SMILES string of the molecule is CCC(C)(COC(=O)CCc1cc(C)c(O)c(C(C)(C)C)c1)C1OCC2(CO1)COC(C(C)(CC)COC(=O)CCc1cc(C)c(O)c(C(C)(C)C)c1)OC2. The van der Waals surface area contributed by atoms with Crippen LogP contribution in [0.25, 0.3) is 0 Å². The van der Waals surface area contributed by atoms with Gasteiger partial charge in [0.15, 0.2) is 12.6 Å². The third-order valence-corrected chi connectivity index (χ3v) is 11.6. The van der Waals surface area contributed by atoms with E-state index in [0.717, 1.165) is 33.4 Å². The Morgan fingerprint density at radius 1 is 0.636 bits per heavy atom. The third-order valence-electron chi connectivity index (χ3n) is 11.6. The molecule has 0 saturated carbocycles. The van der Waals surface area contributed by atoms with E-state index < -0.39 is 28.8 Å². The van der Waals surface area contributed by atoms with Crippen LogP contribution >= 0.6 is 0 Å². The van der Waals surface area contributed by atoms with Gasteiger partial charge in [-0.15, -0.1) is 0 Å². The summed E-state index contributed by atoms with van der Waals surface area (Å²) in [4.78, 5) is 25.8. The first-order chi connectivity index (χ1) is 25.5. The monoisotopic (exact) mass is 768 g/mol. The fourth-order valence-electron chi connectivity index (χ4n) is 7.10. The van der Waals surface area contributed by atoms with Gasteiger partial charge in [0.2, 0.25) is 0 Å². The Hall–Kier alpha value is -3.18. The van der Waals surface area contributed by atoms with Crippen molar-refractivity contribution in [3.63, 3.8) is 0 Å². The van der Waals surface area contributed by atoms with Gasteiger partial charge < -0.3 is 38.6 Å². The minimum Gasteiger partial charge on any atom is -0.507 e. The first-order valence-corrected chi connectivity index (χ1v) is 20.0. The average Bonchev–Trinajstić information content (AvgIpc) is 3.13. The number of carbonyl (C=O) groups is 2. The van der Waals surface area contributed by atoms with Crippen molar-refractivity contribution in [2.75, 3.05) is 39.6 Å². The Labute approximate surface area is 329 Å². The highest BCUT2D eigenvalue weighted by Gasteiger charge is 2.49. The summed E-state index contributed by atoms with van der Waals surface area (Å²) >= 11 is 0. The lowest BCUT2D eigenvalue weighted by Crippen LogP contribution is -2.57. The van der Waals surface area contributed by atoms with Crippen LogP contribution < -0.4 is 0 Å². The Kier molecular flexibility index (Phi) is 14.2. The number of phenols is 2. The summed E-state index contributed by atoms with van der Waals surface area (Å²) in [5.41, 5.74) is 3.30. The number of hydrogen-bond donors (Lipinski definition) is 2. The lowest BCUT2D eigenvalue weighted by atomic mass is 9.83. The molecule has 55 heavy (non-hydrogen) atoms. The van der Waals surface area contributed by atoms with Crippen LogP contribution in [-0.2, 0) is 61.7 Å². The minimum atomic E-state index is -0.561. The summed E-state index contributed by atoms with van der Waals surface area (Å²) in [7, 11) is 0. The maximum absolute atomic E-state index is 12.9. The molecule has 2 aliphatic heterocycles. The summed E-state index contributed by atoms with van der Waals surface area (Å²) in [6.45, 7) is 26.0. The van der Waals surface area contributed by atoms with E-state index >= 15 is 0 Å². The number of esters is 2. The Morgan fingerprint density at radius 3 is 1.25 bits per heavy atom. The van der Waals surface area contributed by atoms with E-state index in [9.17, 15) is 19.8 Å². The van der Waals surface area contributed by atoms with Crippen molar-refractivity contribution in [1.29, 1.82) is 0 Å². The zero-order valence-electron chi connectivity index (χ0n) is 35.6. The average molecular weight is 769 g/mol. The van der Waals surface area contributed by atoms with Gasteiger partial charge in [-0.25, -0.2) is 0 Å². The Balaban J connectivity index is 1.23. The van der Waals surface area contributed by atoms with Gasteiger partial charge in [-0.2, -0.15) is 0 Å². The van der Waals surface area contributed by atoms with E-state index in [2.05, 4.69) is 41.5 Å². The summed E-state index contributed by atoms with van der Waals surface area (Å²) in [5.74, 6) is 0.0308. The van der Waals surface area contributed by atoms with Crippen LogP contribution in [0.1, 0.15) is 128 Å². The van der Waals surface area contributed by atoms with E-state index in [-0.39, 0.29) is 48.8 Å². The number of hydrogen-bond acceptors (Lipinski definition) is 10. The van der Waals surface area contributed by atoms with Crippen LogP contribution in [0.3, 0.4) is 0 Å². The molecule has 10 nitrogen and oxygen atoms in total. The van der Waals surface area contributed by atoms with Gasteiger partial charge in [0.05, 0.1) is 42.7 Å². The largest absolute Gasteiger partial charge is 0.507 e. The highest BCUT2D eigenvalue weighted by Crippen LogP contribution is 2.41. The van der Waals surface area contributed by atoms with Crippen LogP contribution in [0.4, 0.5) is 0 Å². The second-order valence-electron chi connectivity index (χ2n) is 18.9. The molecule has 308 valence electrons. The molecule has 2 unspecified atom stereocenters. The molecule has 2 aromatic rings. The van der Waals surface area contributed by atoms with Gasteiger partial charge in [-0.1, -0.05) is 93.5 Å². The Bertz CT molecular complexity index is 1510. The molecule has 2 fully saturated rings. The van der Waals surface area contributed by atoms with Gasteiger partial charge in [0, 0.05) is 12.8 Å². The lowest BCUT2D eigenvalue weighted by molar-refractivity contribution is -0.340. The highest BCUT2D eigenvalue weighted by atomic mass is 16.7. The first kappa shape index (κ1) is 44.5. The molecule has 0 amide bonds. The molecule has 2 aliphatic rings. The molecular formula is C45H68O10. The number of carbonyl (C=O) groups excluding carboxylic acids is 2. The molecule has 0 radical (unpaired) electrons. The molecule has 2 heterocycles. The van der Waals surface area contributed by atoms with Crippen LogP contribution in [0.2, 0.25) is 0 Å². The van der Waals surface area contributed by atoms with Gasteiger partial charge in [0.1, 0.15) is 24.7 Å². The van der Waals surface area contributed by atoms with E-state index in [4.69, 9.17) is 28.4 Å². The van der Waals surface area contributed by atoms with Crippen LogP contribution in [-0.4, -0.2) is 74.4 Å². The van der Waals surface area contributed by atoms with E-state index in [1.54, 1.807) is 0 Å². The summed E-state index contributed by atoms with van der Waals surface area (Å²) in [6.07, 6.45) is 1.73. The van der Waals surface area contributed by atoms with E-state index in [1.165, 1.54) is 0 Å². The van der Waals surface area contributed by atoms with Crippen LogP contribution in [0.15, 0.2) is 24.3 Å². The van der Waals surface area contributed by atoms with Crippen molar-refractivity contribution >= 4 is 11.9 Å². The predicted molar refractivity (Wildman–Crippen MR) is 212 cm³/mol. The zero-order chi connectivity index (χ0) is 41.0. The summed E-state index contributed by atoms with van der Waals surface area (Å²) in [6, 6.07) is 7.82. The van der Waals surface area contributed by atoms with Crippen molar-refractivity contribution in [2.45, 2.75) is 145 Å². The number of rotatable bonds is 14. The fraction of sp³-hybridized carbons (Fsp3) is 0.689. The molecule has 0 bridgehead atoms. The van der Waals surface area contributed by atoms with E-state index in [1.807, 2.05) is 65.8 Å². The second kappa shape index (κ2) is 17.5.